The van der Waals surface area contributed by atoms with Crippen LogP contribution in [0.15, 0.2) is 49.0 Å². The van der Waals surface area contributed by atoms with Gasteiger partial charge < -0.3 is 19.9 Å². The van der Waals surface area contributed by atoms with E-state index in [1.807, 2.05) is 31.6 Å². The Morgan fingerprint density at radius 1 is 1.15 bits per heavy atom. The van der Waals surface area contributed by atoms with Gasteiger partial charge in [0, 0.05) is 54.2 Å². The molecule has 4 aromatic rings. The van der Waals surface area contributed by atoms with Gasteiger partial charge in [-0.15, -0.1) is 0 Å². The number of aromatic amines is 1. The number of hydrogen-bond donors (Lipinski definition) is 2. The highest BCUT2D eigenvalue weighted by Crippen LogP contribution is 2.38. The number of fused-ring (bicyclic) bond motifs is 3. The molecule has 2 aliphatic heterocycles. The molecule has 0 aromatic carbocycles. The molecule has 0 bridgehead atoms. The van der Waals surface area contributed by atoms with Crippen LogP contribution in [-0.4, -0.2) is 63.3 Å². The Bertz CT molecular complexity index is 1470. The fourth-order valence-corrected chi connectivity index (χ4v) is 5.19. The average molecular weight is 438 g/mol. The number of nitrogens with one attached hydrogen (secondary N) is 2. The van der Waals surface area contributed by atoms with Crippen LogP contribution in [0.4, 0.5) is 5.82 Å². The molecular weight excluding hydrogens is 414 g/mol. The van der Waals surface area contributed by atoms with E-state index in [4.69, 9.17) is 14.7 Å². The van der Waals surface area contributed by atoms with Crippen molar-refractivity contribution in [1.82, 2.24) is 30.2 Å². The Morgan fingerprint density at radius 3 is 2.97 bits per heavy atom. The molecule has 0 radical (unpaired) electrons. The fourth-order valence-electron chi connectivity index (χ4n) is 5.19. The van der Waals surface area contributed by atoms with Gasteiger partial charge in [0.25, 0.3) is 0 Å². The van der Waals surface area contributed by atoms with Crippen LogP contribution >= 0.6 is 0 Å². The number of pyridine rings is 2. The number of aromatic nitrogens is 5. The van der Waals surface area contributed by atoms with Gasteiger partial charge in [-0.05, 0) is 24.6 Å². The quantitative estimate of drug-likeness (QED) is 0.509. The summed E-state index contributed by atoms with van der Waals surface area (Å²) in [5.41, 5.74) is 5.95. The fraction of sp³-hybridized carbons (Fsp3) is 0.280. The van der Waals surface area contributed by atoms with E-state index >= 15 is 0 Å². The van der Waals surface area contributed by atoms with E-state index in [0.717, 1.165) is 69.8 Å². The molecule has 2 fully saturated rings. The van der Waals surface area contributed by atoms with Crippen molar-refractivity contribution in [2.75, 3.05) is 31.1 Å². The van der Waals surface area contributed by atoms with Crippen LogP contribution in [0.2, 0.25) is 0 Å². The molecule has 2 atom stereocenters. The molecule has 33 heavy (non-hydrogen) atoms. The monoisotopic (exact) mass is 437 g/mol. The number of nitrogens with zero attached hydrogens (tertiary/aromatic N) is 5. The van der Waals surface area contributed by atoms with Gasteiger partial charge >= 0.3 is 0 Å². The van der Waals surface area contributed by atoms with Gasteiger partial charge in [0.2, 0.25) is 0 Å². The highest BCUT2D eigenvalue weighted by Gasteiger charge is 2.38. The number of H-pyrrole nitrogens is 1. The second kappa shape index (κ2) is 7.19. The number of aryl methyl sites for hydroxylation is 1. The van der Waals surface area contributed by atoms with Gasteiger partial charge in [-0.25, -0.2) is 15.0 Å². The van der Waals surface area contributed by atoms with Crippen LogP contribution in [0.1, 0.15) is 11.3 Å². The van der Waals surface area contributed by atoms with E-state index in [1.165, 1.54) is 0 Å². The predicted molar refractivity (Wildman–Crippen MR) is 128 cm³/mol. The highest BCUT2D eigenvalue weighted by atomic mass is 16.5. The molecule has 2 unspecified atom stereocenters. The lowest BCUT2D eigenvalue weighted by molar-refractivity contribution is 0.0348. The molecule has 0 amide bonds. The van der Waals surface area contributed by atoms with Crippen LogP contribution in [0, 0.1) is 6.92 Å². The van der Waals surface area contributed by atoms with Crippen molar-refractivity contribution in [2.45, 2.75) is 19.1 Å². The minimum Gasteiger partial charge on any atom is -0.373 e. The summed E-state index contributed by atoms with van der Waals surface area (Å²) in [6, 6.07) is 4.34. The first-order valence-electron chi connectivity index (χ1n) is 11.3. The Balaban J connectivity index is 1.50. The standard InChI is InChI=1S/C25H23N7O/c1-14-9-17-16(5-6-28-23(17)29-14)24-30-19-11-26-10-18(15-3-2-4-15)22(19)25(31-24)32-7-8-33-21-13-27-12-20(21)32/h2-6,9-11,20-21,27H,7-8,12-13H2,1H3,(H,28,29). The van der Waals surface area contributed by atoms with Crippen LogP contribution in [0.5, 0.6) is 0 Å². The molecule has 164 valence electrons. The van der Waals surface area contributed by atoms with Gasteiger partial charge in [-0.2, -0.15) is 0 Å². The maximum absolute atomic E-state index is 6.06. The SMILES string of the molecule is Cc1cc2c(-c3nc(N4CCOC5CNCC54)c4c(C5=CC=C5)cncc4n3)ccnc2[nH]1. The predicted octanol–water partition coefficient (Wildman–Crippen LogP) is 3.01. The molecule has 6 heterocycles. The first-order chi connectivity index (χ1) is 16.3. The molecule has 0 spiro atoms. The normalized spacial score (nSPS) is 22.0. The number of rotatable bonds is 3. The average Bonchev–Trinajstić information content (AvgIpc) is 3.42. The molecule has 8 nitrogen and oxygen atoms in total. The van der Waals surface area contributed by atoms with E-state index in [9.17, 15) is 0 Å². The molecule has 2 saturated heterocycles. The smallest absolute Gasteiger partial charge is 0.163 e. The van der Waals surface area contributed by atoms with Crippen molar-refractivity contribution < 1.29 is 4.74 Å². The first-order valence-corrected chi connectivity index (χ1v) is 11.3. The third-order valence-electron chi connectivity index (χ3n) is 6.82. The van der Waals surface area contributed by atoms with Crippen molar-refractivity contribution in [1.29, 1.82) is 0 Å². The second-order valence-electron chi connectivity index (χ2n) is 8.83. The zero-order chi connectivity index (χ0) is 21.9. The van der Waals surface area contributed by atoms with Crippen molar-refractivity contribution in [3.8, 4) is 11.4 Å². The maximum atomic E-state index is 6.06. The molecule has 4 aromatic heterocycles. The topological polar surface area (TPSA) is 91.8 Å². The summed E-state index contributed by atoms with van der Waals surface area (Å²) in [6.07, 6.45) is 12.0. The van der Waals surface area contributed by atoms with Crippen molar-refractivity contribution in [3.05, 3.63) is 60.2 Å². The van der Waals surface area contributed by atoms with E-state index in [-0.39, 0.29) is 12.1 Å². The lowest BCUT2D eigenvalue weighted by atomic mass is 9.97. The molecule has 8 heteroatoms. The third kappa shape index (κ3) is 2.91. The first kappa shape index (κ1) is 18.9. The Kier molecular flexibility index (Phi) is 4.12. The number of anilines is 1. The maximum Gasteiger partial charge on any atom is 0.163 e. The summed E-state index contributed by atoms with van der Waals surface area (Å²) in [7, 11) is 0. The van der Waals surface area contributed by atoms with Crippen molar-refractivity contribution >= 4 is 33.3 Å². The molecule has 3 aliphatic rings. The minimum atomic E-state index is 0.167. The molecule has 0 saturated carbocycles. The van der Waals surface area contributed by atoms with Crippen LogP contribution in [0.25, 0.3) is 38.9 Å². The van der Waals surface area contributed by atoms with E-state index in [0.29, 0.717) is 12.4 Å². The summed E-state index contributed by atoms with van der Waals surface area (Å²) in [5, 5.41) is 5.56. The third-order valence-corrected chi connectivity index (χ3v) is 6.82. The molecule has 2 N–H and O–H groups in total. The second-order valence-corrected chi connectivity index (χ2v) is 8.83. The zero-order valence-electron chi connectivity index (χ0n) is 18.2. The van der Waals surface area contributed by atoms with E-state index < -0.39 is 0 Å². The Hall–Kier alpha value is -3.62. The summed E-state index contributed by atoms with van der Waals surface area (Å²) in [5.74, 6) is 1.64. The number of morpholine rings is 1. The number of ether oxygens (including phenoxy) is 1. The van der Waals surface area contributed by atoms with Crippen molar-refractivity contribution in [2.24, 2.45) is 0 Å². The van der Waals surface area contributed by atoms with Gasteiger partial charge in [0.05, 0.1) is 35.9 Å². The number of allylic oxidation sites excluding steroid dienone is 4. The lowest BCUT2D eigenvalue weighted by Gasteiger charge is -2.38. The summed E-state index contributed by atoms with van der Waals surface area (Å²) < 4.78 is 6.06. The summed E-state index contributed by atoms with van der Waals surface area (Å²) in [4.78, 5) is 25.0. The van der Waals surface area contributed by atoms with Gasteiger partial charge in [-0.3, -0.25) is 4.98 Å². The van der Waals surface area contributed by atoms with Crippen LogP contribution < -0.4 is 10.2 Å². The van der Waals surface area contributed by atoms with Gasteiger partial charge in [0.1, 0.15) is 11.5 Å². The van der Waals surface area contributed by atoms with Crippen LogP contribution in [0.3, 0.4) is 0 Å². The Labute approximate surface area is 190 Å². The largest absolute Gasteiger partial charge is 0.373 e. The zero-order valence-corrected chi connectivity index (χ0v) is 18.2. The van der Waals surface area contributed by atoms with Gasteiger partial charge in [-0.1, -0.05) is 18.2 Å². The minimum absolute atomic E-state index is 0.167. The van der Waals surface area contributed by atoms with E-state index in [2.05, 4.69) is 49.5 Å². The molecular formula is C25H23N7O. The highest BCUT2D eigenvalue weighted by molar-refractivity contribution is 6.03. The Morgan fingerprint density at radius 2 is 2.09 bits per heavy atom. The number of hydrogen-bond acceptors (Lipinski definition) is 7. The molecule has 1 aliphatic carbocycles. The summed E-state index contributed by atoms with van der Waals surface area (Å²) >= 11 is 0. The lowest BCUT2D eigenvalue weighted by Crippen LogP contribution is -2.51. The van der Waals surface area contributed by atoms with Crippen molar-refractivity contribution in [3.63, 3.8) is 0 Å². The van der Waals surface area contributed by atoms with Gasteiger partial charge in [0.15, 0.2) is 5.82 Å². The summed E-state index contributed by atoms with van der Waals surface area (Å²) in [6.45, 7) is 5.26. The molecule has 7 rings (SSSR count). The van der Waals surface area contributed by atoms with E-state index in [1.54, 1.807) is 0 Å². The van der Waals surface area contributed by atoms with Crippen LogP contribution in [-0.2, 0) is 4.74 Å².